The number of hydrogen-bond donors (Lipinski definition) is 1. The lowest BCUT2D eigenvalue weighted by Crippen LogP contribution is -2.45. The summed E-state index contributed by atoms with van der Waals surface area (Å²) in [4.78, 5) is 7.20. The van der Waals surface area contributed by atoms with Crippen molar-refractivity contribution in [2.24, 2.45) is 7.05 Å². The van der Waals surface area contributed by atoms with Crippen LogP contribution >= 0.6 is 0 Å². The molecular formula is C24H23N7O. The monoisotopic (exact) mass is 425 g/mol. The smallest absolute Gasteiger partial charge is 0.129 e. The summed E-state index contributed by atoms with van der Waals surface area (Å²) in [6.07, 6.45) is 12.8. The number of aliphatic hydroxyl groups excluding tert-OH is 1. The van der Waals surface area contributed by atoms with Crippen molar-refractivity contribution in [3.63, 3.8) is 0 Å². The Hall–Kier alpha value is -3.70. The Kier molecular flexibility index (Phi) is 4.26. The molecule has 2 aliphatic rings. The Morgan fingerprint density at radius 3 is 2.47 bits per heavy atom. The average molecular weight is 425 g/mol. The van der Waals surface area contributed by atoms with Gasteiger partial charge in [-0.2, -0.15) is 15.5 Å². The van der Waals surface area contributed by atoms with E-state index in [1.165, 1.54) is 0 Å². The molecule has 32 heavy (non-hydrogen) atoms. The molecule has 2 aliphatic heterocycles. The number of anilines is 1. The van der Waals surface area contributed by atoms with Gasteiger partial charge in [0.1, 0.15) is 11.9 Å². The Labute approximate surface area is 185 Å². The predicted molar refractivity (Wildman–Crippen MR) is 120 cm³/mol. The minimum atomic E-state index is -0.196. The number of fused-ring (bicyclic) bond motifs is 3. The molecule has 2 bridgehead atoms. The molecule has 8 nitrogen and oxygen atoms in total. The fourth-order valence-electron chi connectivity index (χ4n) is 5.37. The Morgan fingerprint density at radius 1 is 1.00 bits per heavy atom. The van der Waals surface area contributed by atoms with Gasteiger partial charge in [-0.05, 0) is 43.9 Å². The van der Waals surface area contributed by atoms with E-state index in [0.29, 0.717) is 17.6 Å². The molecule has 0 radical (unpaired) electrons. The van der Waals surface area contributed by atoms with Crippen LogP contribution in [-0.4, -0.2) is 47.7 Å². The maximum atomic E-state index is 10.1. The molecule has 8 heteroatoms. The van der Waals surface area contributed by atoms with Crippen molar-refractivity contribution in [1.82, 2.24) is 24.4 Å². The van der Waals surface area contributed by atoms with Crippen LogP contribution in [-0.2, 0) is 7.05 Å². The molecule has 0 spiro atoms. The van der Waals surface area contributed by atoms with E-state index in [1.807, 2.05) is 31.8 Å². The van der Waals surface area contributed by atoms with Crippen LogP contribution in [0.5, 0.6) is 0 Å². The number of aliphatic hydroxyl groups is 1. The molecule has 2 saturated heterocycles. The minimum absolute atomic E-state index is 0.196. The Morgan fingerprint density at radius 2 is 1.81 bits per heavy atom. The number of aryl methyl sites for hydroxylation is 1. The van der Waals surface area contributed by atoms with Crippen molar-refractivity contribution in [1.29, 1.82) is 5.26 Å². The van der Waals surface area contributed by atoms with Gasteiger partial charge in [0.2, 0.25) is 0 Å². The third kappa shape index (κ3) is 2.97. The fourth-order valence-corrected chi connectivity index (χ4v) is 5.37. The zero-order valence-electron chi connectivity index (χ0n) is 17.8. The summed E-state index contributed by atoms with van der Waals surface area (Å²) in [6.45, 7) is 0. The SMILES string of the molecule is Cn1cc(-c2cc(-c3ccc(N4[C@@H]5CC[C@H]4CC(O)C5)nc3)c3c(C#N)cnn3c2)cn1. The van der Waals surface area contributed by atoms with Crippen LogP contribution in [0.4, 0.5) is 5.82 Å². The summed E-state index contributed by atoms with van der Waals surface area (Å²) in [5, 5.41) is 28.4. The fraction of sp³-hybridized carbons (Fsp3) is 0.333. The van der Waals surface area contributed by atoms with E-state index < -0.39 is 0 Å². The normalized spacial score (nSPS) is 22.4. The highest BCUT2D eigenvalue weighted by molar-refractivity contribution is 5.87. The number of hydrogen-bond acceptors (Lipinski definition) is 6. The molecule has 0 saturated carbocycles. The summed E-state index contributed by atoms with van der Waals surface area (Å²) in [5.74, 6) is 0.960. The molecular weight excluding hydrogens is 402 g/mol. The van der Waals surface area contributed by atoms with E-state index in [1.54, 1.807) is 15.4 Å². The van der Waals surface area contributed by atoms with Crippen LogP contribution in [0.2, 0.25) is 0 Å². The van der Waals surface area contributed by atoms with E-state index in [2.05, 4.69) is 39.4 Å². The van der Waals surface area contributed by atoms with Crippen LogP contribution in [0.1, 0.15) is 31.2 Å². The van der Waals surface area contributed by atoms with E-state index in [-0.39, 0.29) is 6.10 Å². The molecule has 4 aromatic rings. The third-order valence-electron chi connectivity index (χ3n) is 6.80. The van der Waals surface area contributed by atoms with E-state index in [0.717, 1.165) is 59.3 Å². The summed E-state index contributed by atoms with van der Waals surface area (Å²) in [7, 11) is 1.89. The van der Waals surface area contributed by atoms with Crippen molar-refractivity contribution in [3.05, 3.63) is 54.7 Å². The van der Waals surface area contributed by atoms with Crippen molar-refractivity contribution in [2.45, 2.75) is 43.9 Å². The number of nitrogens with zero attached hydrogens (tertiary/aromatic N) is 7. The Balaban J connectivity index is 1.43. The number of piperidine rings is 1. The first-order chi connectivity index (χ1) is 15.6. The van der Waals surface area contributed by atoms with E-state index in [4.69, 9.17) is 4.98 Å². The first-order valence-corrected chi connectivity index (χ1v) is 10.9. The maximum Gasteiger partial charge on any atom is 0.129 e. The average Bonchev–Trinajstić information content (AvgIpc) is 3.49. The van der Waals surface area contributed by atoms with Crippen molar-refractivity contribution in [2.75, 3.05) is 4.90 Å². The molecule has 6 heterocycles. The van der Waals surface area contributed by atoms with Crippen LogP contribution in [0.3, 0.4) is 0 Å². The highest BCUT2D eigenvalue weighted by Crippen LogP contribution is 2.39. The molecule has 3 atom stereocenters. The topological polar surface area (TPSA) is 95.3 Å². The second-order valence-electron chi connectivity index (χ2n) is 8.83. The van der Waals surface area contributed by atoms with Crippen LogP contribution < -0.4 is 4.90 Å². The predicted octanol–water partition coefficient (Wildman–Crippen LogP) is 3.16. The molecule has 1 unspecified atom stereocenters. The zero-order chi connectivity index (χ0) is 21.8. The van der Waals surface area contributed by atoms with E-state index >= 15 is 0 Å². The van der Waals surface area contributed by atoms with Gasteiger partial charge >= 0.3 is 0 Å². The molecule has 0 aliphatic carbocycles. The van der Waals surface area contributed by atoms with Gasteiger partial charge in [-0.25, -0.2) is 9.50 Å². The second-order valence-corrected chi connectivity index (χ2v) is 8.83. The number of nitriles is 1. The second kappa shape index (κ2) is 7.18. The number of aromatic nitrogens is 5. The molecule has 6 rings (SSSR count). The van der Waals surface area contributed by atoms with Crippen molar-refractivity contribution >= 4 is 11.3 Å². The highest BCUT2D eigenvalue weighted by Gasteiger charge is 2.40. The standard InChI is InChI=1S/C24H23N7O/c1-29-13-18(12-27-29)16-6-22(24-17(9-25)11-28-30(24)14-16)15-2-5-23(26-10-15)31-19-3-4-20(31)8-21(32)7-19/h2,5-6,10-14,19-21,32H,3-4,7-8H2,1H3/t19-,20+,21?. The van der Waals surface area contributed by atoms with Crippen molar-refractivity contribution < 1.29 is 5.11 Å². The van der Waals surface area contributed by atoms with Crippen LogP contribution in [0, 0.1) is 11.3 Å². The lowest BCUT2D eigenvalue weighted by atomic mass is 9.99. The number of rotatable bonds is 3. The van der Waals surface area contributed by atoms with Gasteiger partial charge in [0, 0.05) is 60.0 Å². The number of pyridine rings is 2. The maximum absolute atomic E-state index is 10.1. The molecule has 0 aromatic carbocycles. The van der Waals surface area contributed by atoms with E-state index in [9.17, 15) is 10.4 Å². The first kappa shape index (κ1) is 19.0. The van der Waals surface area contributed by atoms with Gasteiger partial charge in [0.25, 0.3) is 0 Å². The van der Waals surface area contributed by atoms with Crippen LogP contribution in [0.25, 0.3) is 27.8 Å². The largest absolute Gasteiger partial charge is 0.393 e. The van der Waals surface area contributed by atoms with Gasteiger partial charge in [-0.1, -0.05) is 0 Å². The molecule has 0 amide bonds. The van der Waals surface area contributed by atoms with Gasteiger partial charge in [-0.15, -0.1) is 0 Å². The summed E-state index contributed by atoms with van der Waals surface area (Å²) < 4.78 is 3.53. The van der Waals surface area contributed by atoms with Gasteiger partial charge in [0.15, 0.2) is 0 Å². The highest BCUT2D eigenvalue weighted by atomic mass is 16.3. The molecule has 160 valence electrons. The molecule has 1 N–H and O–H groups in total. The van der Waals surface area contributed by atoms with Gasteiger partial charge < -0.3 is 10.0 Å². The quantitative estimate of drug-likeness (QED) is 0.542. The lowest BCUT2D eigenvalue weighted by Gasteiger charge is -2.38. The Bertz CT molecular complexity index is 1330. The summed E-state index contributed by atoms with van der Waals surface area (Å²) >= 11 is 0. The minimum Gasteiger partial charge on any atom is -0.393 e. The third-order valence-corrected chi connectivity index (χ3v) is 6.80. The first-order valence-electron chi connectivity index (χ1n) is 10.9. The molecule has 2 fully saturated rings. The van der Waals surface area contributed by atoms with Gasteiger partial charge in [-0.3, -0.25) is 4.68 Å². The van der Waals surface area contributed by atoms with Gasteiger partial charge in [0.05, 0.1) is 29.6 Å². The van der Waals surface area contributed by atoms with Crippen LogP contribution in [0.15, 0.2) is 49.2 Å². The van der Waals surface area contributed by atoms with Crippen molar-refractivity contribution in [3.8, 4) is 28.3 Å². The summed E-state index contributed by atoms with van der Waals surface area (Å²) in [5.41, 5.74) is 5.11. The lowest BCUT2D eigenvalue weighted by molar-refractivity contribution is 0.126. The summed E-state index contributed by atoms with van der Waals surface area (Å²) in [6, 6.07) is 9.20. The zero-order valence-corrected chi connectivity index (χ0v) is 17.8. The molecule has 4 aromatic heterocycles.